The van der Waals surface area contributed by atoms with E-state index in [-0.39, 0.29) is 40.9 Å². The number of ether oxygens (including phenoxy) is 5. The largest absolute Gasteiger partial charge is 0.502 e. The van der Waals surface area contributed by atoms with Crippen LogP contribution in [-0.4, -0.2) is 174 Å². The van der Waals surface area contributed by atoms with Crippen LogP contribution in [0.15, 0.2) is 87.4 Å². The number of piperidine rings is 3. The summed E-state index contributed by atoms with van der Waals surface area (Å²) in [7, 11) is 4.70. The number of rotatable bonds is 17. The molecule has 3 unspecified atom stereocenters. The maximum atomic E-state index is 12.3. The molecule has 464 valence electrons. The smallest absolute Gasteiger partial charge is 0.252 e. The van der Waals surface area contributed by atoms with Crippen molar-refractivity contribution in [2.24, 2.45) is 0 Å². The second-order valence-corrected chi connectivity index (χ2v) is 23.4. The van der Waals surface area contributed by atoms with Gasteiger partial charge in [0.1, 0.15) is 6.61 Å². The predicted octanol–water partition coefficient (Wildman–Crippen LogP) is 6.62. The number of methoxy groups -OCH3 is 3. The van der Waals surface area contributed by atoms with Crippen molar-refractivity contribution >= 4 is 17.8 Å². The van der Waals surface area contributed by atoms with Gasteiger partial charge in [0.25, 0.3) is 16.7 Å². The van der Waals surface area contributed by atoms with Crippen molar-refractivity contribution in [2.75, 3.05) is 134 Å². The van der Waals surface area contributed by atoms with Crippen LogP contribution in [0.3, 0.4) is 0 Å². The summed E-state index contributed by atoms with van der Waals surface area (Å²) >= 11 is 0. The highest BCUT2D eigenvalue weighted by molar-refractivity contribution is 5.53. The SMILES string of the molecule is C#CCOc1ccc(CN2CCCC(c3cc(=O)[nH]c(N4CCCC4)n3)C2)cc1OC.COc1cc(CN2CCCC(c3cc(=O)[nH]c(N4CCCC4)n3)C2)cc(OC)c1O.O=c1cc(C2CCCN(Cc3ccncc3)C2)nc(N2CCOCC2)[nH]1. The highest BCUT2D eigenvalue weighted by Crippen LogP contribution is 2.38. The first-order valence-corrected chi connectivity index (χ1v) is 30.9. The minimum absolute atomic E-state index is 0.0161. The Morgan fingerprint density at radius 2 is 0.931 bits per heavy atom. The summed E-state index contributed by atoms with van der Waals surface area (Å²) in [6.07, 6.45) is 20.0. The van der Waals surface area contributed by atoms with Gasteiger partial charge < -0.3 is 43.5 Å². The molecule has 22 nitrogen and oxygen atoms in total. The second-order valence-electron chi connectivity index (χ2n) is 23.4. The third kappa shape index (κ3) is 17.0. The van der Waals surface area contributed by atoms with Gasteiger partial charge in [0, 0.05) is 127 Å². The van der Waals surface area contributed by atoms with E-state index < -0.39 is 0 Å². The number of likely N-dealkylation sites (tertiary alicyclic amines) is 3. The lowest BCUT2D eigenvalue weighted by atomic mass is 9.94. The van der Waals surface area contributed by atoms with Gasteiger partial charge in [0.05, 0.1) is 51.6 Å². The molecule has 10 heterocycles. The average Bonchev–Trinajstić information content (AvgIpc) is 4.28. The number of phenols is 1. The number of H-pyrrole nitrogens is 3. The Kier molecular flexibility index (Phi) is 21.8. The molecule has 6 aromatic rings. The van der Waals surface area contributed by atoms with E-state index in [9.17, 15) is 19.5 Å². The van der Waals surface area contributed by atoms with Crippen LogP contribution in [0, 0.1) is 12.3 Å². The van der Waals surface area contributed by atoms with Crippen molar-refractivity contribution in [3.05, 3.63) is 138 Å². The standard InChI is InChI=1S/C24H30N4O3.C22H30N4O4.C19H25N5O2/c1-3-13-31-21-9-8-18(14-22(21)30-2)16-27-10-6-7-19(17-27)20-15-23(29)26-24(25-20)28-11-4-5-12-28;1-29-18-10-15(11-19(30-2)21(18)28)13-25-7-5-6-16(14-25)17-12-20(27)24-22(23-17)26-8-3-4-9-26;25-18-12-17(21-19(22-18)24-8-10-26-11-9-24)16-2-1-7-23(14-16)13-15-3-5-20-6-4-15/h1,8-9,14-15,19H,4-7,10-13,16-17H2,2H3,(H,25,26,29);10-12,16,28H,3-9,13-14H2,1-2H3,(H,23,24,27);3-6,12,16H,1-2,7-11,13-14H2,(H,21,22,25). The molecule has 0 spiro atoms. The lowest BCUT2D eigenvalue weighted by molar-refractivity contribution is 0.122. The van der Waals surface area contributed by atoms with Crippen molar-refractivity contribution in [1.82, 2.24) is 49.6 Å². The summed E-state index contributed by atoms with van der Waals surface area (Å²) in [5.41, 5.74) is 5.94. The minimum Gasteiger partial charge on any atom is -0.502 e. The fraction of sp³-hybridized carbons (Fsp3) is 0.523. The molecule has 4 N–H and O–H groups in total. The number of hydrogen-bond acceptors (Lipinski definition) is 19. The summed E-state index contributed by atoms with van der Waals surface area (Å²) in [5, 5.41) is 10.1. The highest BCUT2D eigenvalue weighted by Gasteiger charge is 2.29. The number of anilines is 3. The molecule has 6 aliphatic rings. The number of benzene rings is 2. The number of aromatic amines is 3. The summed E-state index contributed by atoms with van der Waals surface area (Å²) in [6, 6.07) is 18.8. The molecule has 3 atom stereocenters. The molecule has 2 aromatic carbocycles. The molecule has 6 fully saturated rings. The van der Waals surface area contributed by atoms with E-state index in [1.54, 1.807) is 25.3 Å². The van der Waals surface area contributed by atoms with Gasteiger partial charge >= 0.3 is 0 Å². The molecule has 0 saturated carbocycles. The van der Waals surface area contributed by atoms with Crippen molar-refractivity contribution in [1.29, 1.82) is 0 Å². The number of phenolic OH excluding ortho intramolecular Hbond substituents is 1. The number of nitrogens with one attached hydrogen (secondary N) is 3. The van der Waals surface area contributed by atoms with Crippen LogP contribution in [-0.2, 0) is 24.4 Å². The van der Waals surface area contributed by atoms with Gasteiger partial charge in [-0.05, 0) is 137 Å². The quantitative estimate of drug-likeness (QED) is 0.0702. The van der Waals surface area contributed by atoms with Gasteiger partial charge in [0.2, 0.25) is 23.6 Å². The maximum absolute atomic E-state index is 12.3. The molecule has 6 saturated heterocycles. The summed E-state index contributed by atoms with van der Waals surface area (Å²) in [5.74, 6) is 7.55. The van der Waals surface area contributed by atoms with Crippen LogP contribution in [0.4, 0.5) is 17.8 Å². The number of hydrogen-bond donors (Lipinski definition) is 4. The van der Waals surface area contributed by atoms with E-state index in [0.29, 0.717) is 60.6 Å². The molecule has 12 rings (SSSR count). The van der Waals surface area contributed by atoms with E-state index >= 15 is 0 Å². The predicted molar refractivity (Wildman–Crippen MR) is 335 cm³/mol. The topological polar surface area (TPSA) is 236 Å². The monoisotopic (exact) mass is 1190 g/mol. The highest BCUT2D eigenvalue weighted by atomic mass is 16.5. The molecular formula is C65H85N13O9. The maximum Gasteiger partial charge on any atom is 0.252 e. The zero-order valence-corrected chi connectivity index (χ0v) is 50.7. The van der Waals surface area contributed by atoms with Gasteiger partial charge in [0.15, 0.2) is 23.0 Å². The molecular weight excluding hydrogens is 1110 g/mol. The van der Waals surface area contributed by atoms with Crippen LogP contribution < -0.4 is 50.3 Å². The van der Waals surface area contributed by atoms with E-state index in [1.807, 2.05) is 36.7 Å². The first-order valence-electron chi connectivity index (χ1n) is 30.9. The number of aromatic nitrogens is 7. The van der Waals surface area contributed by atoms with Crippen LogP contribution in [0.2, 0.25) is 0 Å². The van der Waals surface area contributed by atoms with Crippen molar-refractivity contribution in [3.8, 4) is 41.1 Å². The third-order valence-corrected chi connectivity index (χ3v) is 17.2. The third-order valence-electron chi connectivity index (χ3n) is 17.2. The lowest BCUT2D eigenvalue weighted by Gasteiger charge is -2.33. The number of morpholine rings is 1. The Bertz CT molecular complexity index is 3390. The van der Waals surface area contributed by atoms with Crippen LogP contribution in [0.5, 0.6) is 28.7 Å². The number of nitrogens with zero attached hydrogens (tertiary/aromatic N) is 10. The molecule has 0 bridgehead atoms. The number of aromatic hydroxyl groups is 1. The Morgan fingerprint density at radius 1 is 0.517 bits per heavy atom. The minimum atomic E-state index is -0.0768. The first-order chi connectivity index (χ1) is 42.5. The van der Waals surface area contributed by atoms with Gasteiger partial charge in [-0.15, -0.1) is 6.42 Å². The molecule has 6 aliphatic heterocycles. The molecule has 0 amide bonds. The second kappa shape index (κ2) is 30.6. The van der Waals surface area contributed by atoms with Crippen molar-refractivity contribution < 1.29 is 28.8 Å². The molecule has 87 heavy (non-hydrogen) atoms. The van der Waals surface area contributed by atoms with Gasteiger partial charge in [-0.1, -0.05) is 12.0 Å². The van der Waals surface area contributed by atoms with Crippen LogP contribution in [0.25, 0.3) is 0 Å². The Labute approximate surface area is 509 Å². The van der Waals surface area contributed by atoms with Gasteiger partial charge in [-0.25, -0.2) is 15.0 Å². The number of pyridine rings is 1. The van der Waals surface area contributed by atoms with Gasteiger partial charge in [-0.2, -0.15) is 0 Å². The van der Waals surface area contributed by atoms with Crippen molar-refractivity contribution in [3.63, 3.8) is 0 Å². The van der Waals surface area contributed by atoms with Gasteiger partial charge in [-0.3, -0.25) is 49.0 Å². The zero-order chi connectivity index (χ0) is 60.5. The summed E-state index contributed by atoms with van der Waals surface area (Å²) < 4.78 is 27.0. The normalized spacial score (nSPS) is 20.2. The van der Waals surface area contributed by atoms with E-state index in [4.69, 9.17) is 45.1 Å². The fourth-order valence-electron chi connectivity index (χ4n) is 12.8. The van der Waals surface area contributed by atoms with Crippen LogP contribution in [0.1, 0.15) is 116 Å². The van der Waals surface area contributed by atoms with E-state index in [2.05, 4.69) is 73.5 Å². The molecule has 0 radical (unpaired) electrons. The zero-order valence-electron chi connectivity index (χ0n) is 50.7. The number of terminal acetylenes is 1. The lowest BCUT2D eigenvalue weighted by Crippen LogP contribution is -2.39. The summed E-state index contributed by atoms with van der Waals surface area (Å²) in [4.78, 5) is 77.7. The molecule has 4 aromatic heterocycles. The molecule has 0 aliphatic carbocycles. The Balaban J connectivity index is 0.000000145. The summed E-state index contributed by atoms with van der Waals surface area (Å²) in [6.45, 7) is 15.1. The fourth-order valence-corrected chi connectivity index (χ4v) is 12.8. The average molecular weight is 1190 g/mol. The first kappa shape index (κ1) is 62.1. The van der Waals surface area contributed by atoms with Crippen LogP contribution >= 0.6 is 0 Å². The Hall–Kier alpha value is -7.97. The Morgan fingerprint density at radius 3 is 1.37 bits per heavy atom. The van der Waals surface area contributed by atoms with E-state index in [1.165, 1.54) is 19.8 Å². The van der Waals surface area contributed by atoms with E-state index in [0.717, 1.165) is 190 Å². The van der Waals surface area contributed by atoms with Crippen molar-refractivity contribution in [2.45, 2.75) is 102 Å². The molecule has 22 heteroatoms.